The van der Waals surface area contributed by atoms with Gasteiger partial charge in [0.05, 0.1) is 12.8 Å². The first kappa shape index (κ1) is 47.2. The third kappa shape index (κ3) is 7.74. The molecule has 10 atom stereocenters. The van der Waals surface area contributed by atoms with Crippen LogP contribution in [0.4, 0.5) is 0 Å². The van der Waals surface area contributed by atoms with E-state index in [4.69, 9.17) is 9.47 Å². The largest absolute Gasteiger partial charge is 0.445 e. The lowest BCUT2D eigenvalue weighted by molar-refractivity contribution is -0.174. The number of hydrogen-bond acceptors (Lipinski definition) is 8. The summed E-state index contributed by atoms with van der Waals surface area (Å²) >= 11 is 3.47. The summed E-state index contributed by atoms with van der Waals surface area (Å²) in [6.45, 7) is 8.31. The van der Waals surface area contributed by atoms with E-state index in [2.05, 4.69) is 98.6 Å². The molecule has 8 heteroatoms. The van der Waals surface area contributed by atoms with Crippen molar-refractivity contribution in [2.45, 2.75) is 163 Å². The molecule has 0 aliphatic heterocycles. The highest BCUT2D eigenvalue weighted by molar-refractivity contribution is 7.98. The van der Waals surface area contributed by atoms with Gasteiger partial charge in [-0.3, -0.25) is 19.2 Å². The number of carbonyl (C=O) groups excluding carboxylic acids is 4. The van der Waals surface area contributed by atoms with E-state index in [9.17, 15) is 19.2 Å². The van der Waals surface area contributed by atoms with Crippen LogP contribution in [0.15, 0.2) is 104 Å². The normalized spacial score (nSPS) is 34.6. The Bertz CT molecular complexity index is 2510. The molecule has 354 valence electrons. The van der Waals surface area contributed by atoms with Gasteiger partial charge in [-0.25, -0.2) is 0 Å². The van der Waals surface area contributed by atoms with Crippen molar-refractivity contribution in [3.8, 4) is 23.7 Å². The summed E-state index contributed by atoms with van der Waals surface area (Å²) in [4.78, 5) is 56.5. The molecule has 8 aliphatic rings. The number of ether oxygens (including phenoxy) is 2. The summed E-state index contributed by atoms with van der Waals surface area (Å²) in [6.07, 6.45) is 18.9. The van der Waals surface area contributed by atoms with Gasteiger partial charge in [-0.15, -0.1) is 35.4 Å². The van der Waals surface area contributed by atoms with Crippen LogP contribution in [-0.4, -0.2) is 47.2 Å². The standard InChI is InChI=1S/C60H66O6S2/c1-7-29-59(31-27-51-47-21-13-39-33-41(61)15-23-45(39)55(47)49(35-57(51,59)3)37-9-17-43(67-5)18-10-37)65-53(63)25-26-54(64)66-60(30-8-2)32-28-52-48-22-14-40-34-42(62)16-24-46(40)56(48)50(36-58(52,60)4)38-11-19-44(68-6)20-12-38/h9-12,17-20,33-34,47-52H,13-16,21-28,31-32,35-36H2,1-6H3/t47-,48-,49+,50+,51-,52-,57-,58-,59-,60-/m0/s1. The smallest absolute Gasteiger partial charge is 0.307 e. The number of fused-ring (bicyclic) bond motifs is 8. The molecule has 0 heterocycles. The fraction of sp³-hybridized carbons (Fsp3) is 0.533. The molecule has 0 spiro atoms. The number of ketones is 2. The number of hydrogen-bond donors (Lipinski definition) is 0. The van der Waals surface area contributed by atoms with Crippen molar-refractivity contribution in [2.24, 2.45) is 34.5 Å². The van der Waals surface area contributed by atoms with Crippen LogP contribution in [0.1, 0.15) is 153 Å². The highest BCUT2D eigenvalue weighted by Crippen LogP contribution is 2.69. The molecule has 2 aromatic rings. The van der Waals surface area contributed by atoms with Gasteiger partial charge < -0.3 is 9.47 Å². The first-order chi connectivity index (χ1) is 32.8. The number of esters is 2. The van der Waals surface area contributed by atoms with Crippen LogP contribution in [0.2, 0.25) is 0 Å². The van der Waals surface area contributed by atoms with E-state index in [1.165, 1.54) is 54.4 Å². The summed E-state index contributed by atoms with van der Waals surface area (Å²) < 4.78 is 13.5. The topological polar surface area (TPSA) is 86.7 Å². The number of benzene rings is 2. The van der Waals surface area contributed by atoms with Gasteiger partial charge in [-0.1, -0.05) is 61.1 Å². The maximum Gasteiger partial charge on any atom is 0.307 e. The highest BCUT2D eigenvalue weighted by Gasteiger charge is 2.67. The van der Waals surface area contributed by atoms with Gasteiger partial charge in [0.2, 0.25) is 0 Å². The number of allylic oxidation sites excluding steroid dienone is 8. The summed E-state index contributed by atoms with van der Waals surface area (Å²) in [5, 5.41) is 0. The van der Waals surface area contributed by atoms with Crippen molar-refractivity contribution in [2.75, 3.05) is 12.5 Å². The van der Waals surface area contributed by atoms with E-state index in [1.54, 1.807) is 23.5 Å². The lowest BCUT2D eigenvalue weighted by Gasteiger charge is -2.54. The predicted octanol–water partition coefficient (Wildman–Crippen LogP) is 13.0. The Hall–Kier alpha value is -4.50. The van der Waals surface area contributed by atoms with Crippen molar-refractivity contribution in [1.29, 1.82) is 0 Å². The molecule has 0 bridgehead atoms. The molecule has 0 unspecified atom stereocenters. The molecular formula is C60H66O6S2. The van der Waals surface area contributed by atoms with Gasteiger partial charge >= 0.3 is 11.9 Å². The van der Waals surface area contributed by atoms with Crippen molar-refractivity contribution < 1.29 is 28.7 Å². The molecule has 68 heavy (non-hydrogen) atoms. The Morgan fingerprint density at radius 1 is 0.588 bits per heavy atom. The van der Waals surface area contributed by atoms with Crippen molar-refractivity contribution in [1.82, 2.24) is 0 Å². The second kappa shape index (κ2) is 18.4. The zero-order valence-corrected chi connectivity index (χ0v) is 42.5. The zero-order valence-electron chi connectivity index (χ0n) is 40.8. The van der Waals surface area contributed by atoms with Crippen molar-refractivity contribution in [3.05, 3.63) is 105 Å². The molecule has 0 aromatic heterocycles. The van der Waals surface area contributed by atoms with Crippen LogP contribution in [0.5, 0.6) is 0 Å². The van der Waals surface area contributed by atoms with Crippen LogP contribution in [0.3, 0.4) is 0 Å². The quantitative estimate of drug-likeness (QED) is 0.140. The van der Waals surface area contributed by atoms with Gasteiger partial charge in [0, 0.05) is 45.3 Å². The highest BCUT2D eigenvalue weighted by atomic mass is 32.2. The molecular weight excluding hydrogens is 881 g/mol. The van der Waals surface area contributed by atoms with Gasteiger partial charge in [-0.05, 0) is 197 Å². The summed E-state index contributed by atoms with van der Waals surface area (Å²) in [6, 6.07) is 17.9. The monoisotopic (exact) mass is 946 g/mol. The Morgan fingerprint density at radius 3 is 1.35 bits per heavy atom. The van der Waals surface area contributed by atoms with E-state index < -0.39 is 34.0 Å². The average molecular weight is 947 g/mol. The van der Waals surface area contributed by atoms with Gasteiger partial charge in [0.1, 0.15) is 0 Å². The third-order valence-electron chi connectivity index (χ3n) is 18.5. The van der Waals surface area contributed by atoms with Crippen molar-refractivity contribution >= 4 is 47.0 Å². The lowest BCUT2D eigenvalue weighted by Crippen LogP contribution is -2.53. The van der Waals surface area contributed by atoms with E-state index >= 15 is 0 Å². The van der Waals surface area contributed by atoms with Crippen LogP contribution in [0, 0.1) is 58.2 Å². The zero-order chi connectivity index (χ0) is 47.6. The van der Waals surface area contributed by atoms with Gasteiger partial charge in [0.15, 0.2) is 22.8 Å². The maximum atomic E-state index is 14.4. The molecule has 0 N–H and O–H groups in total. The van der Waals surface area contributed by atoms with Crippen LogP contribution in [0.25, 0.3) is 0 Å². The molecule has 4 saturated carbocycles. The average Bonchev–Trinajstić information content (AvgIpc) is 3.78. The Kier molecular flexibility index (Phi) is 12.7. The summed E-state index contributed by atoms with van der Waals surface area (Å²) in [5.74, 6) is 14.5. The SMILES string of the molecule is CC#C[C@]1(OC(=O)CCC(=O)O[C@@]2(C#CC)CC[C@H]3[C@@H]4CCC5=CC(=O)CCC5=C4[C@@H](c4ccc(SC)cc4)C[C@@]32C)CC[C@H]2[C@@H]3CCC4=CC(=O)CCC4=C3[C@@H](c3ccc(SC)cc3)C[C@@]21C. The first-order valence-electron chi connectivity index (χ1n) is 25.3. The Balaban J connectivity index is 0.906. The number of thioether (sulfide) groups is 2. The molecule has 8 aliphatic carbocycles. The van der Waals surface area contributed by atoms with E-state index in [-0.39, 0.29) is 48.1 Å². The van der Waals surface area contributed by atoms with Crippen molar-refractivity contribution in [3.63, 3.8) is 0 Å². The molecule has 0 amide bonds. The fourth-order valence-electron chi connectivity index (χ4n) is 15.5. The number of carbonyl (C=O) groups is 4. The molecule has 4 fully saturated rings. The predicted molar refractivity (Wildman–Crippen MR) is 271 cm³/mol. The third-order valence-corrected chi connectivity index (χ3v) is 20.0. The molecule has 0 saturated heterocycles. The van der Waals surface area contributed by atoms with Gasteiger partial charge in [-0.2, -0.15) is 0 Å². The minimum atomic E-state index is -1.00. The fourth-order valence-corrected chi connectivity index (χ4v) is 16.3. The van der Waals surface area contributed by atoms with Crippen LogP contribution in [-0.2, 0) is 28.7 Å². The lowest BCUT2D eigenvalue weighted by atomic mass is 9.51. The number of rotatable bonds is 9. The van der Waals surface area contributed by atoms with Crippen LogP contribution >= 0.6 is 23.5 Å². The van der Waals surface area contributed by atoms with E-state index in [0.717, 1.165) is 64.2 Å². The second-order valence-corrected chi connectivity index (χ2v) is 23.2. The summed E-state index contributed by atoms with van der Waals surface area (Å²) in [5.41, 5.74) is 7.88. The van der Waals surface area contributed by atoms with E-state index in [0.29, 0.717) is 37.5 Å². The minimum Gasteiger partial charge on any atom is -0.445 e. The Labute approximate surface area is 412 Å². The minimum absolute atomic E-state index is 0.0971. The molecule has 10 rings (SSSR count). The molecule has 0 radical (unpaired) electrons. The Morgan fingerprint density at radius 2 is 0.985 bits per heavy atom. The molecule has 6 nitrogen and oxygen atoms in total. The van der Waals surface area contributed by atoms with E-state index in [1.807, 2.05) is 26.0 Å². The van der Waals surface area contributed by atoms with Crippen LogP contribution < -0.4 is 0 Å². The molecule has 2 aromatic carbocycles. The van der Waals surface area contributed by atoms with Gasteiger partial charge in [0.25, 0.3) is 0 Å². The summed E-state index contributed by atoms with van der Waals surface area (Å²) in [7, 11) is 0. The second-order valence-electron chi connectivity index (χ2n) is 21.5. The first-order valence-corrected chi connectivity index (χ1v) is 27.8. The maximum absolute atomic E-state index is 14.4.